The molecule has 0 fully saturated rings. The smallest absolute Gasteiger partial charge is 0.293 e. The molecule has 0 unspecified atom stereocenters. The van der Waals surface area contributed by atoms with Crippen molar-refractivity contribution in [3.8, 4) is 0 Å². The molecule has 0 aliphatic heterocycles. The number of nitrogens with zero attached hydrogens (tertiary/aromatic N) is 2. The minimum absolute atomic E-state index is 0.0842. The number of hydrogen-bond donors (Lipinski definition) is 1. The highest BCUT2D eigenvalue weighted by molar-refractivity contribution is 7.22. The van der Waals surface area contributed by atoms with E-state index >= 15 is 0 Å². The predicted octanol–water partition coefficient (Wildman–Crippen LogP) is 5.13. The van der Waals surface area contributed by atoms with Crippen molar-refractivity contribution in [2.75, 3.05) is 10.2 Å². The maximum atomic E-state index is 12.3. The Labute approximate surface area is 165 Å². The molecule has 2 heterocycles. The fourth-order valence-corrected chi connectivity index (χ4v) is 3.77. The van der Waals surface area contributed by atoms with Gasteiger partial charge < -0.3 is 4.42 Å². The van der Waals surface area contributed by atoms with Crippen molar-refractivity contribution < 1.29 is 14.0 Å². The van der Waals surface area contributed by atoms with Crippen LogP contribution in [0.3, 0.4) is 0 Å². The Bertz CT molecular complexity index is 1150. The van der Waals surface area contributed by atoms with Crippen molar-refractivity contribution in [1.82, 2.24) is 4.98 Å². The highest BCUT2D eigenvalue weighted by Gasteiger charge is 2.17. The van der Waals surface area contributed by atoms with Crippen LogP contribution in [0.15, 0.2) is 65.3 Å². The summed E-state index contributed by atoms with van der Waals surface area (Å²) in [5.41, 5.74) is 3.42. The molecule has 140 valence electrons. The summed E-state index contributed by atoms with van der Waals surface area (Å²) in [4.78, 5) is 30.5. The van der Waals surface area contributed by atoms with Crippen molar-refractivity contribution in [2.45, 2.75) is 13.8 Å². The Kier molecular flexibility index (Phi) is 4.67. The van der Waals surface area contributed by atoms with Gasteiger partial charge in [-0.1, -0.05) is 29.0 Å². The van der Waals surface area contributed by atoms with Crippen LogP contribution < -0.4 is 10.2 Å². The van der Waals surface area contributed by atoms with Crippen LogP contribution >= 0.6 is 11.3 Å². The second kappa shape index (κ2) is 7.28. The van der Waals surface area contributed by atoms with E-state index in [1.54, 1.807) is 17.0 Å². The number of carbonyl (C=O) groups excluding carboxylic acids is 2. The van der Waals surface area contributed by atoms with E-state index in [9.17, 15) is 9.59 Å². The quantitative estimate of drug-likeness (QED) is 0.523. The number of amides is 2. The summed E-state index contributed by atoms with van der Waals surface area (Å²) >= 11 is 1.34. The molecular formula is C21H17N3O3S. The maximum Gasteiger partial charge on any atom is 0.293 e. The Morgan fingerprint density at radius 2 is 1.82 bits per heavy atom. The molecule has 0 radical (unpaired) electrons. The third-order valence-corrected chi connectivity index (χ3v) is 5.14. The molecule has 0 saturated heterocycles. The Hall–Kier alpha value is -3.45. The maximum absolute atomic E-state index is 12.3. The summed E-state index contributed by atoms with van der Waals surface area (Å²) in [6.07, 6.45) is 1.45. The van der Waals surface area contributed by atoms with E-state index in [-0.39, 0.29) is 17.6 Å². The van der Waals surface area contributed by atoms with Crippen LogP contribution in [0, 0.1) is 6.92 Å². The van der Waals surface area contributed by atoms with Crippen molar-refractivity contribution in [3.05, 3.63) is 72.2 Å². The van der Waals surface area contributed by atoms with Crippen LogP contribution in [0.1, 0.15) is 23.0 Å². The van der Waals surface area contributed by atoms with Gasteiger partial charge in [-0.05, 0) is 49.4 Å². The van der Waals surface area contributed by atoms with Gasteiger partial charge in [0.05, 0.1) is 22.2 Å². The molecule has 6 nitrogen and oxygen atoms in total. The molecule has 0 spiro atoms. The number of benzene rings is 2. The summed E-state index contributed by atoms with van der Waals surface area (Å²) in [5.74, 6) is -0.213. The standard InChI is InChI=1S/C21H17N3O3S/c1-13-5-7-15(8-6-13)24(14(2)25)16-9-10-17-19(12-16)28-21(22-17)23-20(26)18-4-3-11-27-18/h3-12H,1-2H3,(H,22,23,26). The van der Waals surface area contributed by atoms with E-state index < -0.39 is 0 Å². The Morgan fingerprint density at radius 1 is 1.07 bits per heavy atom. The first-order valence-corrected chi connectivity index (χ1v) is 9.46. The lowest BCUT2D eigenvalue weighted by atomic mass is 10.2. The van der Waals surface area contributed by atoms with Crippen molar-refractivity contribution in [3.63, 3.8) is 0 Å². The van der Waals surface area contributed by atoms with Gasteiger partial charge in [0.1, 0.15) is 0 Å². The molecule has 0 atom stereocenters. The molecule has 2 aromatic heterocycles. The number of aryl methyl sites for hydroxylation is 1. The molecular weight excluding hydrogens is 374 g/mol. The second-order valence-corrected chi connectivity index (χ2v) is 7.32. The molecule has 28 heavy (non-hydrogen) atoms. The van der Waals surface area contributed by atoms with Gasteiger partial charge in [0, 0.05) is 12.6 Å². The topological polar surface area (TPSA) is 75.4 Å². The number of carbonyl (C=O) groups is 2. The fraction of sp³-hybridized carbons (Fsp3) is 0.0952. The first-order valence-electron chi connectivity index (χ1n) is 8.64. The number of fused-ring (bicyclic) bond motifs is 1. The average molecular weight is 391 g/mol. The summed E-state index contributed by atoms with van der Waals surface area (Å²) in [7, 11) is 0. The van der Waals surface area contributed by atoms with E-state index in [1.807, 2.05) is 49.4 Å². The van der Waals surface area contributed by atoms with Gasteiger partial charge in [-0.3, -0.25) is 19.8 Å². The molecule has 1 N–H and O–H groups in total. The number of aromatic nitrogens is 1. The summed E-state index contributed by atoms with van der Waals surface area (Å²) in [5, 5.41) is 3.21. The first kappa shape index (κ1) is 17.9. The van der Waals surface area contributed by atoms with E-state index in [1.165, 1.54) is 24.5 Å². The Morgan fingerprint density at radius 3 is 2.50 bits per heavy atom. The minimum atomic E-state index is -0.353. The van der Waals surface area contributed by atoms with Gasteiger partial charge in [-0.25, -0.2) is 4.98 Å². The van der Waals surface area contributed by atoms with E-state index in [2.05, 4.69) is 10.3 Å². The highest BCUT2D eigenvalue weighted by atomic mass is 32.1. The zero-order valence-corrected chi connectivity index (χ0v) is 16.1. The summed E-state index contributed by atoms with van der Waals surface area (Å²) < 4.78 is 5.96. The van der Waals surface area contributed by atoms with Crippen LogP contribution in [0.5, 0.6) is 0 Å². The molecule has 0 bridgehead atoms. The SMILES string of the molecule is CC(=O)N(c1ccc(C)cc1)c1ccc2nc(NC(=O)c3ccco3)sc2c1. The van der Waals surface area contributed by atoms with Crippen molar-refractivity contribution >= 4 is 49.9 Å². The first-order chi connectivity index (χ1) is 13.5. The average Bonchev–Trinajstić information content (AvgIpc) is 3.32. The zero-order chi connectivity index (χ0) is 19.7. The second-order valence-electron chi connectivity index (χ2n) is 6.29. The number of nitrogens with one attached hydrogen (secondary N) is 1. The Balaban J connectivity index is 1.65. The van der Waals surface area contributed by atoms with Gasteiger partial charge in [0.25, 0.3) is 5.91 Å². The van der Waals surface area contributed by atoms with Gasteiger partial charge >= 0.3 is 0 Å². The lowest BCUT2D eigenvalue weighted by molar-refractivity contribution is -0.115. The van der Waals surface area contributed by atoms with Crippen molar-refractivity contribution in [2.24, 2.45) is 0 Å². The largest absolute Gasteiger partial charge is 0.459 e. The van der Waals surface area contributed by atoms with Crippen LogP contribution in [-0.2, 0) is 4.79 Å². The number of furan rings is 1. The predicted molar refractivity (Wildman–Crippen MR) is 110 cm³/mol. The van der Waals surface area contributed by atoms with E-state index in [4.69, 9.17) is 4.42 Å². The highest BCUT2D eigenvalue weighted by Crippen LogP contribution is 2.33. The van der Waals surface area contributed by atoms with Gasteiger partial charge in [0.2, 0.25) is 5.91 Å². The minimum Gasteiger partial charge on any atom is -0.459 e. The molecule has 0 aliphatic carbocycles. The molecule has 2 amide bonds. The van der Waals surface area contributed by atoms with Crippen LogP contribution in [0.2, 0.25) is 0 Å². The third kappa shape index (κ3) is 3.52. The third-order valence-electron chi connectivity index (χ3n) is 4.20. The molecule has 4 rings (SSSR count). The monoisotopic (exact) mass is 391 g/mol. The van der Waals surface area contributed by atoms with Crippen LogP contribution in [-0.4, -0.2) is 16.8 Å². The van der Waals surface area contributed by atoms with Crippen LogP contribution in [0.4, 0.5) is 16.5 Å². The summed E-state index contributed by atoms with van der Waals surface area (Å²) in [6, 6.07) is 16.6. The van der Waals surface area contributed by atoms with Crippen LogP contribution in [0.25, 0.3) is 10.2 Å². The molecule has 0 aliphatic rings. The number of hydrogen-bond acceptors (Lipinski definition) is 5. The van der Waals surface area contributed by atoms with E-state index in [0.717, 1.165) is 27.2 Å². The van der Waals surface area contributed by atoms with Gasteiger partial charge in [0.15, 0.2) is 10.9 Å². The molecule has 4 aromatic rings. The summed E-state index contributed by atoms with van der Waals surface area (Å²) in [6.45, 7) is 3.54. The number of rotatable bonds is 4. The lowest BCUT2D eigenvalue weighted by Crippen LogP contribution is -2.22. The molecule has 0 saturated carbocycles. The molecule has 2 aromatic carbocycles. The van der Waals surface area contributed by atoms with E-state index in [0.29, 0.717) is 5.13 Å². The number of thiazole rings is 1. The van der Waals surface area contributed by atoms with Crippen molar-refractivity contribution in [1.29, 1.82) is 0 Å². The molecule has 7 heteroatoms. The van der Waals surface area contributed by atoms with Gasteiger partial charge in [-0.15, -0.1) is 0 Å². The normalized spacial score (nSPS) is 10.8. The van der Waals surface area contributed by atoms with Gasteiger partial charge in [-0.2, -0.15) is 0 Å². The lowest BCUT2D eigenvalue weighted by Gasteiger charge is -2.21. The number of anilines is 3. The fourth-order valence-electron chi connectivity index (χ4n) is 2.88. The zero-order valence-electron chi connectivity index (χ0n) is 15.3.